The van der Waals surface area contributed by atoms with Gasteiger partial charge in [-0.3, -0.25) is 4.79 Å². The molecule has 2 rings (SSSR count). The van der Waals surface area contributed by atoms with Crippen LogP contribution in [0.15, 0.2) is 47.6 Å². The fraction of sp³-hybridized carbons (Fsp3) is 0.176. The van der Waals surface area contributed by atoms with E-state index in [0.29, 0.717) is 5.56 Å². The van der Waals surface area contributed by atoms with Crippen LogP contribution in [0.2, 0.25) is 0 Å². The van der Waals surface area contributed by atoms with Crippen molar-refractivity contribution in [3.63, 3.8) is 0 Å². The van der Waals surface area contributed by atoms with Gasteiger partial charge in [-0.05, 0) is 23.8 Å². The minimum Gasteiger partial charge on any atom is -0.399 e. The molecule has 120 valence electrons. The Morgan fingerprint density at radius 3 is 2.52 bits per heavy atom. The quantitative estimate of drug-likeness (QED) is 0.627. The van der Waals surface area contributed by atoms with E-state index in [2.05, 4.69) is 9.99 Å². The highest BCUT2D eigenvalue weighted by Crippen LogP contribution is 2.13. The Balaban J connectivity index is 2.08. The van der Waals surface area contributed by atoms with Crippen LogP contribution in [-0.2, 0) is 11.4 Å². The van der Waals surface area contributed by atoms with Crippen LogP contribution in [0.4, 0.5) is 8.78 Å². The third kappa shape index (κ3) is 4.35. The zero-order chi connectivity index (χ0) is 16.8. The van der Waals surface area contributed by atoms with Crippen LogP contribution in [0.25, 0.3) is 0 Å². The van der Waals surface area contributed by atoms with Gasteiger partial charge in [0.25, 0.3) is 5.91 Å². The van der Waals surface area contributed by atoms with Crippen LogP contribution in [0.5, 0.6) is 0 Å². The van der Waals surface area contributed by atoms with Crippen molar-refractivity contribution in [1.82, 2.24) is 4.90 Å². The standard InChI is InChI=1S/C17H16F2N2O2/c1-21(11-14-7-8-15(18)9-16(14)19)17(22)13-5-3-12(4-6-13)10-20-23-2/h3-10H,11H2,1-2H3/b20-10+. The second-order valence-electron chi connectivity index (χ2n) is 4.94. The van der Waals surface area contributed by atoms with Crippen molar-refractivity contribution in [3.05, 3.63) is 70.8 Å². The van der Waals surface area contributed by atoms with Crippen LogP contribution >= 0.6 is 0 Å². The molecular weight excluding hydrogens is 302 g/mol. The highest BCUT2D eigenvalue weighted by atomic mass is 19.1. The molecule has 2 aromatic rings. The number of oxime groups is 1. The molecule has 0 radical (unpaired) electrons. The summed E-state index contributed by atoms with van der Waals surface area (Å²) >= 11 is 0. The van der Waals surface area contributed by atoms with E-state index >= 15 is 0 Å². The van der Waals surface area contributed by atoms with E-state index in [1.54, 1.807) is 31.3 Å². The van der Waals surface area contributed by atoms with E-state index in [1.165, 1.54) is 30.4 Å². The molecule has 1 amide bonds. The van der Waals surface area contributed by atoms with Crippen molar-refractivity contribution in [2.75, 3.05) is 14.2 Å². The Bertz CT molecular complexity index is 715. The predicted molar refractivity (Wildman–Crippen MR) is 83.2 cm³/mol. The molecule has 0 bridgehead atoms. The third-order valence-electron chi connectivity index (χ3n) is 3.23. The lowest BCUT2D eigenvalue weighted by Gasteiger charge is -2.18. The molecule has 0 unspecified atom stereocenters. The number of carbonyl (C=O) groups excluding carboxylic acids is 1. The van der Waals surface area contributed by atoms with Gasteiger partial charge < -0.3 is 9.74 Å². The minimum absolute atomic E-state index is 0.0534. The SMILES string of the molecule is CO/N=C/c1ccc(C(=O)N(C)Cc2ccc(F)cc2F)cc1. The van der Waals surface area contributed by atoms with Gasteiger partial charge in [-0.25, -0.2) is 8.78 Å². The molecule has 0 aliphatic heterocycles. The summed E-state index contributed by atoms with van der Waals surface area (Å²) < 4.78 is 26.5. The summed E-state index contributed by atoms with van der Waals surface area (Å²) in [6.45, 7) is 0.0534. The summed E-state index contributed by atoms with van der Waals surface area (Å²) in [5.41, 5.74) is 1.51. The molecule has 0 aromatic heterocycles. The normalized spacial score (nSPS) is 10.8. The molecule has 0 saturated heterocycles. The molecule has 0 fully saturated rings. The average molecular weight is 318 g/mol. The first kappa shape index (κ1) is 16.6. The van der Waals surface area contributed by atoms with E-state index in [9.17, 15) is 13.6 Å². The van der Waals surface area contributed by atoms with Crippen molar-refractivity contribution in [1.29, 1.82) is 0 Å². The van der Waals surface area contributed by atoms with Gasteiger partial charge in [0.15, 0.2) is 0 Å². The number of hydrogen-bond acceptors (Lipinski definition) is 3. The maximum atomic E-state index is 13.6. The highest BCUT2D eigenvalue weighted by molar-refractivity contribution is 5.94. The van der Waals surface area contributed by atoms with Crippen molar-refractivity contribution < 1.29 is 18.4 Å². The van der Waals surface area contributed by atoms with Gasteiger partial charge in [-0.15, -0.1) is 0 Å². The Morgan fingerprint density at radius 2 is 1.91 bits per heavy atom. The van der Waals surface area contributed by atoms with Crippen molar-refractivity contribution in [3.8, 4) is 0 Å². The topological polar surface area (TPSA) is 41.9 Å². The second-order valence-corrected chi connectivity index (χ2v) is 4.94. The Morgan fingerprint density at radius 1 is 1.22 bits per heavy atom. The molecule has 0 saturated carbocycles. The lowest BCUT2D eigenvalue weighted by Crippen LogP contribution is -2.26. The number of nitrogens with zero attached hydrogens (tertiary/aromatic N) is 2. The van der Waals surface area contributed by atoms with Crippen LogP contribution in [0.1, 0.15) is 21.5 Å². The number of rotatable bonds is 5. The molecule has 0 atom stereocenters. The molecule has 0 heterocycles. The summed E-state index contributed by atoms with van der Waals surface area (Å²) in [4.78, 5) is 18.3. The molecular formula is C17H16F2N2O2. The van der Waals surface area contributed by atoms with Gasteiger partial charge in [-0.1, -0.05) is 23.4 Å². The van der Waals surface area contributed by atoms with Crippen molar-refractivity contribution in [2.24, 2.45) is 5.16 Å². The van der Waals surface area contributed by atoms with Crippen LogP contribution in [0.3, 0.4) is 0 Å². The first-order valence-corrected chi connectivity index (χ1v) is 6.87. The number of halogens is 2. The summed E-state index contributed by atoms with van der Waals surface area (Å²) in [6, 6.07) is 10.1. The van der Waals surface area contributed by atoms with Gasteiger partial charge in [-0.2, -0.15) is 0 Å². The van der Waals surface area contributed by atoms with Crippen LogP contribution < -0.4 is 0 Å². The van der Waals surface area contributed by atoms with Gasteiger partial charge in [0.1, 0.15) is 18.7 Å². The van der Waals surface area contributed by atoms with E-state index in [0.717, 1.165) is 11.6 Å². The summed E-state index contributed by atoms with van der Waals surface area (Å²) in [5.74, 6) is -1.58. The number of carbonyl (C=O) groups is 1. The predicted octanol–water partition coefficient (Wildman–Crippen LogP) is 3.22. The minimum atomic E-state index is -0.671. The van der Waals surface area contributed by atoms with Crippen molar-refractivity contribution >= 4 is 12.1 Å². The third-order valence-corrected chi connectivity index (χ3v) is 3.23. The molecule has 2 aromatic carbocycles. The number of amides is 1. The molecule has 0 spiro atoms. The van der Waals surface area contributed by atoms with Gasteiger partial charge in [0, 0.05) is 30.8 Å². The Kier molecular flexibility index (Phi) is 5.41. The van der Waals surface area contributed by atoms with Crippen LogP contribution in [-0.4, -0.2) is 31.2 Å². The van der Waals surface area contributed by atoms with E-state index in [-0.39, 0.29) is 18.0 Å². The monoisotopic (exact) mass is 318 g/mol. The molecule has 6 heteroatoms. The molecule has 23 heavy (non-hydrogen) atoms. The van der Waals surface area contributed by atoms with Gasteiger partial charge in [0.2, 0.25) is 0 Å². The molecule has 0 aliphatic rings. The maximum Gasteiger partial charge on any atom is 0.253 e. The zero-order valence-corrected chi connectivity index (χ0v) is 12.8. The number of hydrogen-bond donors (Lipinski definition) is 0. The van der Waals surface area contributed by atoms with Gasteiger partial charge >= 0.3 is 0 Å². The van der Waals surface area contributed by atoms with Gasteiger partial charge in [0.05, 0.1) is 6.21 Å². The largest absolute Gasteiger partial charge is 0.399 e. The molecule has 4 nitrogen and oxygen atoms in total. The summed E-state index contributed by atoms with van der Waals surface area (Å²) in [5, 5.41) is 3.63. The lowest BCUT2D eigenvalue weighted by molar-refractivity contribution is 0.0784. The smallest absolute Gasteiger partial charge is 0.253 e. The Labute approximate surface area is 133 Å². The fourth-order valence-electron chi connectivity index (χ4n) is 2.02. The maximum absolute atomic E-state index is 13.6. The van der Waals surface area contributed by atoms with E-state index in [4.69, 9.17) is 0 Å². The van der Waals surface area contributed by atoms with Crippen molar-refractivity contribution in [2.45, 2.75) is 6.54 Å². The summed E-state index contributed by atoms with van der Waals surface area (Å²) in [6.07, 6.45) is 1.52. The molecule has 0 N–H and O–H groups in total. The molecule has 0 aliphatic carbocycles. The first-order chi connectivity index (χ1) is 11.0. The van der Waals surface area contributed by atoms with Crippen LogP contribution in [0, 0.1) is 11.6 Å². The van der Waals surface area contributed by atoms with E-state index < -0.39 is 11.6 Å². The zero-order valence-electron chi connectivity index (χ0n) is 12.8. The number of benzene rings is 2. The summed E-state index contributed by atoms with van der Waals surface area (Å²) in [7, 11) is 3.00. The average Bonchev–Trinajstić information content (AvgIpc) is 2.55. The highest BCUT2D eigenvalue weighted by Gasteiger charge is 2.14. The van der Waals surface area contributed by atoms with E-state index in [1.807, 2.05) is 0 Å². The first-order valence-electron chi connectivity index (χ1n) is 6.87. The fourth-order valence-corrected chi connectivity index (χ4v) is 2.02. The Hall–Kier alpha value is -2.76. The second kappa shape index (κ2) is 7.49. The lowest BCUT2D eigenvalue weighted by atomic mass is 10.1.